The lowest BCUT2D eigenvalue weighted by Gasteiger charge is -2.46. The van der Waals surface area contributed by atoms with Crippen LogP contribution in [0.3, 0.4) is 0 Å². The van der Waals surface area contributed by atoms with Gasteiger partial charge in [0.05, 0.1) is 0 Å². The van der Waals surface area contributed by atoms with Crippen molar-refractivity contribution in [1.82, 2.24) is 4.90 Å². The second kappa shape index (κ2) is 6.39. The van der Waals surface area contributed by atoms with Crippen LogP contribution in [0.2, 0.25) is 0 Å². The van der Waals surface area contributed by atoms with Gasteiger partial charge in [-0.25, -0.2) is 0 Å². The number of aryl methyl sites for hydroxylation is 1. The average Bonchev–Trinajstić information content (AvgIpc) is 2.76. The van der Waals surface area contributed by atoms with Gasteiger partial charge in [-0.2, -0.15) is 11.8 Å². The van der Waals surface area contributed by atoms with Gasteiger partial charge in [-0.15, -0.1) is 0 Å². The monoisotopic (exact) mass is 354 g/mol. The molecule has 1 fully saturated rings. The van der Waals surface area contributed by atoms with E-state index in [1.54, 1.807) is 0 Å². The minimum absolute atomic E-state index is 0.200. The maximum Gasteiger partial charge on any atom is 0.0375 e. The molecule has 2 aliphatic rings. The lowest BCUT2D eigenvalue weighted by molar-refractivity contribution is 0.0878. The number of benzene rings is 1. The summed E-state index contributed by atoms with van der Waals surface area (Å²) in [5.74, 6) is 2.57. The predicted octanol–water partition coefficient (Wildman–Crippen LogP) is 3.07. The number of halogens is 1. The Labute approximate surface area is 134 Å². The first kappa shape index (κ1) is 14.9. The Balaban J connectivity index is 1.85. The van der Waals surface area contributed by atoms with Gasteiger partial charge in [0.15, 0.2) is 0 Å². The molecule has 2 N–H and O–H groups in total. The van der Waals surface area contributed by atoms with E-state index in [9.17, 15) is 0 Å². The van der Waals surface area contributed by atoms with Gasteiger partial charge >= 0.3 is 0 Å². The fraction of sp³-hybridized carbons (Fsp3) is 0.625. The van der Waals surface area contributed by atoms with Gasteiger partial charge in [0.25, 0.3) is 0 Å². The lowest BCUT2D eigenvalue weighted by Crippen LogP contribution is -2.57. The highest BCUT2D eigenvalue weighted by Gasteiger charge is 2.38. The summed E-state index contributed by atoms with van der Waals surface area (Å²) in [5.41, 5.74) is 9.46. The van der Waals surface area contributed by atoms with E-state index < -0.39 is 0 Å². The molecule has 1 aromatic carbocycles. The molecule has 20 heavy (non-hydrogen) atoms. The molecule has 1 aromatic rings. The van der Waals surface area contributed by atoms with Crippen LogP contribution in [0.1, 0.15) is 24.0 Å². The first-order valence-corrected chi connectivity index (χ1v) is 9.48. The normalized spacial score (nSPS) is 27.9. The minimum Gasteiger partial charge on any atom is -0.329 e. The number of thioether (sulfide) groups is 1. The Morgan fingerprint density at radius 2 is 2.15 bits per heavy atom. The molecule has 1 heterocycles. The average molecular weight is 355 g/mol. The minimum atomic E-state index is 0.200. The number of rotatable bonds is 2. The lowest BCUT2D eigenvalue weighted by atomic mass is 9.76. The van der Waals surface area contributed by atoms with E-state index in [1.807, 2.05) is 0 Å². The SMILES string of the molecule is NCC1(N2CCCSCC2)CCc2cc(Br)ccc2C1. The number of nitrogens with zero attached hydrogens (tertiary/aromatic N) is 1. The van der Waals surface area contributed by atoms with E-state index in [2.05, 4.69) is 50.8 Å². The first-order chi connectivity index (χ1) is 9.73. The topological polar surface area (TPSA) is 29.3 Å². The van der Waals surface area contributed by atoms with Crippen LogP contribution >= 0.6 is 27.7 Å². The number of nitrogens with two attached hydrogens (primary N) is 1. The van der Waals surface area contributed by atoms with Gasteiger partial charge in [-0.3, -0.25) is 4.90 Å². The number of fused-ring (bicyclic) bond motifs is 1. The molecule has 3 rings (SSSR count). The highest BCUT2D eigenvalue weighted by atomic mass is 79.9. The quantitative estimate of drug-likeness (QED) is 0.884. The summed E-state index contributed by atoms with van der Waals surface area (Å²) in [4.78, 5) is 2.69. The Bertz CT molecular complexity index is 472. The summed E-state index contributed by atoms with van der Waals surface area (Å²) in [6.45, 7) is 3.21. The van der Waals surface area contributed by atoms with Crippen LogP contribution in [-0.4, -0.2) is 41.6 Å². The largest absolute Gasteiger partial charge is 0.329 e. The summed E-state index contributed by atoms with van der Waals surface area (Å²) < 4.78 is 1.20. The molecular formula is C16H23BrN2S. The molecule has 1 atom stereocenters. The Morgan fingerprint density at radius 1 is 1.25 bits per heavy atom. The van der Waals surface area contributed by atoms with E-state index in [4.69, 9.17) is 5.73 Å². The fourth-order valence-electron chi connectivity index (χ4n) is 3.60. The second-order valence-electron chi connectivity index (χ2n) is 5.97. The smallest absolute Gasteiger partial charge is 0.0375 e. The van der Waals surface area contributed by atoms with Crippen molar-refractivity contribution in [2.75, 3.05) is 31.1 Å². The van der Waals surface area contributed by atoms with E-state index >= 15 is 0 Å². The van der Waals surface area contributed by atoms with E-state index in [0.717, 1.165) is 19.4 Å². The van der Waals surface area contributed by atoms with Crippen molar-refractivity contribution in [3.63, 3.8) is 0 Å². The van der Waals surface area contributed by atoms with Crippen molar-refractivity contribution in [2.24, 2.45) is 5.73 Å². The molecule has 0 saturated carbocycles. The zero-order valence-electron chi connectivity index (χ0n) is 11.9. The highest BCUT2D eigenvalue weighted by molar-refractivity contribution is 9.10. The van der Waals surface area contributed by atoms with Crippen LogP contribution in [0.4, 0.5) is 0 Å². The van der Waals surface area contributed by atoms with Gasteiger partial charge in [0.2, 0.25) is 0 Å². The van der Waals surface area contributed by atoms with Crippen molar-refractivity contribution in [3.05, 3.63) is 33.8 Å². The summed E-state index contributed by atoms with van der Waals surface area (Å²) in [6.07, 6.45) is 4.80. The molecule has 1 aliphatic carbocycles. The van der Waals surface area contributed by atoms with Crippen LogP contribution in [-0.2, 0) is 12.8 Å². The maximum absolute atomic E-state index is 6.25. The van der Waals surface area contributed by atoms with Crippen LogP contribution in [0.25, 0.3) is 0 Å². The first-order valence-electron chi connectivity index (χ1n) is 7.54. The van der Waals surface area contributed by atoms with Crippen LogP contribution < -0.4 is 5.73 Å². The third kappa shape index (κ3) is 2.94. The Morgan fingerprint density at radius 3 is 3.00 bits per heavy atom. The standard InChI is InChI=1S/C16H23BrN2S/c17-15-3-2-14-11-16(12-18,5-4-13(14)10-15)19-6-1-8-20-9-7-19/h2-3,10H,1,4-9,11-12,18H2. The molecule has 1 unspecified atom stereocenters. The van der Waals surface area contributed by atoms with Crippen LogP contribution in [0.5, 0.6) is 0 Å². The molecule has 0 bridgehead atoms. The molecule has 0 aromatic heterocycles. The molecule has 0 amide bonds. The molecule has 110 valence electrons. The van der Waals surface area contributed by atoms with Gasteiger partial charge in [0.1, 0.15) is 0 Å². The van der Waals surface area contributed by atoms with Crippen LogP contribution in [0.15, 0.2) is 22.7 Å². The number of hydrogen-bond donors (Lipinski definition) is 1. The molecular weight excluding hydrogens is 332 g/mol. The van der Waals surface area contributed by atoms with Crippen LogP contribution in [0, 0.1) is 0 Å². The number of hydrogen-bond acceptors (Lipinski definition) is 3. The van der Waals surface area contributed by atoms with Crippen molar-refractivity contribution in [1.29, 1.82) is 0 Å². The summed E-state index contributed by atoms with van der Waals surface area (Å²) >= 11 is 5.68. The van der Waals surface area contributed by atoms with Crippen molar-refractivity contribution >= 4 is 27.7 Å². The summed E-state index contributed by atoms with van der Waals surface area (Å²) in [5, 5.41) is 0. The third-order valence-corrected chi connectivity index (χ3v) is 6.36. The zero-order chi connectivity index (χ0) is 14.0. The second-order valence-corrected chi connectivity index (χ2v) is 8.11. The predicted molar refractivity (Wildman–Crippen MR) is 91.5 cm³/mol. The summed E-state index contributed by atoms with van der Waals surface area (Å²) in [6, 6.07) is 6.74. The Hall–Kier alpha value is -0.0300. The van der Waals surface area contributed by atoms with Gasteiger partial charge in [-0.1, -0.05) is 22.0 Å². The molecule has 2 nitrogen and oxygen atoms in total. The van der Waals surface area contributed by atoms with E-state index in [-0.39, 0.29) is 5.54 Å². The van der Waals surface area contributed by atoms with Crippen molar-refractivity contribution in [2.45, 2.75) is 31.2 Å². The molecule has 1 saturated heterocycles. The van der Waals surface area contributed by atoms with E-state index in [1.165, 1.54) is 53.0 Å². The van der Waals surface area contributed by atoms with Crippen molar-refractivity contribution < 1.29 is 0 Å². The molecule has 1 aliphatic heterocycles. The van der Waals surface area contributed by atoms with Gasteiger partial charge in [-0.05, 0) is 61.2 Å². The fourth-order valence-corrected chi connectivity index (χ4v) is 4.90. The molecule has 0 radical (unpaired) electrons. The third-order valence-electron chi connectivity index (χ3n) is 4.82. The molecule has 4 heteroatoms. The maximum atomic E-state index is 6.25. The van der Waals surface area contributed by atoms with Gasteiger partial charge in [0, 0.05) is 28.9 Å². The zero-order valence-corrected chi connectivity index (χ0v) is 14.3. The highest BCUT2D eigenvalue weighted by Crippen LogP contribution is 2.35. The van der Waals surface area contributed by atoms with E-state index in [0.29, 0.717) is 0 Å². The molecule has 0 spiro atoms. The van der Waals surface area contributed by atoms with Crippen molar-refractivity contribution in [3.8, 4) is 0 Å². The Kier molecular flexibility index (Phi) is 4.75. The van der Waals surface area contributed by atoms with Gasteiger partial charge < -0.3 is 5.73 Å². The summed E-state index contributed by atoms with van der Waals surface area (Å²) in [7, 11) is 0.